The molecule has 1 heterocycles. The second-order valence-electron chi connectivity index (χ2n) is 4.58. The molecule has 0 fully saturated rings. The molecule has 0 atom stereocenters. The predicted molar refractivity (Wildman–Crippen MR) is 86.8 cm³/mol. The molecule has 118 valence electrons. The van der Waals surface area contributed by atoms with Crippen molar-refractivity contribution in [3.63, 3.8) is 0 Å². The topological polar surface area (TPSA) is 74.7 Å². The van der Waals surface area contributed by atoms with E-state index in [1.165, 1.54) is 4.31 Å². The molecule has 0 saturated heterocycles. The number of hydrogen-bond acceptors (Lipinski definition) is 4. The Balaban J connectivity index is 2.32. The minimum Gasteiger partial charge on any atom is -0.477 e. The highest BCUT2D eigenvalue weighted by Crippen LogP contribution is 2.29. The van der Waals surface area contributed by atoms with E-state index in [0.717, 1.165) is 21.8 Å². The maximum absolute atomic E-state index is 12.4. The maximum atomic E-state index is 12.4. The van der Waals surface area contributed by atoms with Crippen LogP contribution >= 0.6 is 11.3 Å². The standard InChI is InChI=1S/C15H17NO4S2/c1-3-16(4-2)22(19,20)12-7-5-11(6-8-12)13-9-10-14(21-13)15(17)18/h5-10H,3-4H2,1-2H3,(H,17,18). The lowest BCUT2D eigenvalue weighted by atomic mass is 10.2. The Morgan fingerprint density at radius 1 is 1.09 bits per heavy atom. The normalized spacial score (nSPS) is 11.8. The predicted octanol–water partition coefficient (Wildman–Crippen LogP) is 3.14. The van der Waals surface area contributed by atoms with Crippen LogP contribution in [0.4, 0.5) is 0 Å². The van der Waals surface area contributed by atoms with Crippen molar-refractivity contribution in [3.8, 4) is 10.4 Å². The van der Waals surface area contributed by atoms with Gasteiger partial charge in [0.05, 0.1) is 4.90 Å². The first kappa shape index (κ1) is 16.7. The molecule has 7 heteroatoms. The zero-order valence-electron chi connectivity index (χ0n) is 12.3. The third kappa shape index (κ3) is 3.21. The van der Waals surface area contributed by atoms with Gasteiger partial charge in [-0.1, -0.05) is 26.0 Å². The van der Waals surface area contributed by atoms with Gasteiger partial charge < -0.3 is 5.11 Å². The number of carboxylic acid groups (broad SMARTS) is 1. The van der Waals surface area contributed by atoms with E-state index < -0.39 is 16.0 Å². The van der Waals surface area contributed by atoms with Crippen LogP contribution in [0.15, 0.2) is 41.3 Å². The molecule has 0 amide bonds. The molecule has 5 nitrogen and oxygen atoms in total. The third-order valence-electron chi connectivity index (χ3n) is 3.30. The molecule has 0 radical (unpaired) electrons. The number of hydrogen-bond donors (Lipinski definition) is 1. The fraction of sp³-hybridized carbons (Fsp3) is 0.267. The Bertz CT molecular complexity index is 759. The second kappa shape index (κ2) is 6.60. The lowest BCUT2D eigenvalue weighted by Crippen LogP contribution is -2.30. The summed E-state index contributed by atoms with van der Waals surface area (Å²) in [7, 11) is -3.47. The van der Waals surface area contributed by atoms with Gasteiger partial charge in [0, 0.05) is 18.0 Å². The summed E-state index contributed by atoms with van der Waals surface area (Å²) in [6.07, 6.45) is 0. The minimum atomic E-state index is -3.47. The van der Waals surface area contributed by atoms with Crippen molar-refractivity contribution >= 4 is 27.3 Å². The van der Waals surface area contributed by atoms with Gasteiger partial charge in [-0.2, -0.15) is 4.31 Å². The van der Waals surface area contributed by atoms with Crippen LogP contribution in [0, 0.1) is 0 Å². The summed E-state index contributed by atoms with van der Waals surface area (Å²) in [5, 5.41) is 8.94. The number of carboxylic acids is 1. The molecule has 2 rings (SSSR count). The molecular formula is C15H17NO4S2. The summed E-state index contributed by atoms with van der Waals surface area (Å²) in [5.41, 5.74) is 0.802. The van der Waals surface area contributed by atoms with Gasteiger partial charge in [0.1, 0.15) is 4.88 Å². The summed E-state index contributed by atoms with van der Waals surface area (Å²) in [4.78, 5) is 12.2. The number of aromatic carboxylic acids is 1. The quantitative estimate of drug-likeness (QED) is 0.877. The zero-order chi connectivity index (χ0) is 16.3. The maximum Gasteiger partial charge on any atom is 0.345 e. The van der Waals surface area contributed by atoms with Crippen LogP contribution < -0.4 is 0 Å². The van der Waals surface area contributed by atoms with E-state index in [-0.39, 0.29) is 9.77 Å². The highest BCUT2D eigenvalue weighted by atomic mass is 32.2. The van der Waals surface area contributed by atoms with Gasteiger partial charge in [0.15, 0.2) is 0 Å². The van der Waals surface area contributed by atoms with Crippen LogP contribution in [0.5, 0.6) is 0 Å². The van der Waals surface area contributed by atoms with Gasteiger partial charge in [0.2, 0.25) is 10.0 Å². The van der Waals surface area contributed by atoms with E-state index >= 15 is 0 Å². The van der Waals surface area contributed by atoms with Crippen LogP contribution in [0.3, 0.4) is 0 Å². The summed E-state index contributed by atoms with van der Waals surface area (Å²) < 4.78 is 26.2. The molecule has 0 aliphatic rings. The van der Waals surface area contributed by atoms with Crippen LogP contribution in [-0.2, 0) is 10.0 Å². The Hall–Kier alpha value is -1.70. The molecular weight excluding hydrogens is 322 g/mol. The molecule has 1 N–H and O–H groups in total. The van der Waals surface area contributed by atoms with Crippen molar-refractivity contribution in [2.24, 2.45) is 0 Å². The van der Waals surface area contributed by atoms with E-state index in [2.05, 4.69) is 0 Å². The first-order chi connectivity index (χ1) is 10.4. The molecule has 22 heavy (non-hydrogen) atoms. The molecule has 2 aromatic rings. The molecule has 1 aromatic heterocycles. The first-order valence-electron chi connectivity index (χ1n) is 6.83. The average Bonchev–Trinajstić information content (AvgIpc) is 2.98. The molecule has 1 aromatic carbocycles. The molecule has 0 bridgehead atoms. The number of benzene rings is 1. The second-order valence-corrected chi connectivity index (χ2v) is 7.60. The SMILES string of the molecule is CCN(CC)S(=O)(=O)c1ccc(-c2ccc(C(=O)O)s2)cc1. The van der Waals surface area contributed by atoms with Gasteiger partial charge in [-0.15, -0.1) is 11.3 Å². The highest BCUT2D eigenvalue weighted by molar-refractivity contribution is 7.89. The van der Waals surface area contributed by atoms with Crippen molar-refractivity contribution < 1.29 is 18.3 Å². The number of nitrogens with zero attached hydrogens (tertiary/aromatic N) is 1. The third-order valence-corrected chi connectivity index (χ3v) is 6.49. The Morgan fingerprint density at radius 2 is 1.68 bits per heavy atom. The van der Waals surface area contributed by atoms with Crippen LogP contribution in [0.25, 0.3) is 10.4 Å². The Labute approximate surface area is 133 Å². The summed E-state index contributed by atoms with van der Waals surface area (Å²) >= 11 is 1.16. The lowest BCUT2D eigenvalue weighted by molar-refractivity contribution is 0.0702. The van der Waals surface area contributed by atoms with Gasteiger partial charge in [-0.3, -0.25) is 0 Å². The van der Waals surface area contributed by atoms with Gasteiger partial charge in [-0.05, 0) is 29.8 Å². The minimum absolute atomic E-state index is 0.245. The van der Waals surface area contributed by atoms with Crippen LogP contribution in [-0.4, -0.2) is 36.9 Å². The average molecular weight is 339 g/mol. The number of sulfonamides is 1. The Morgan fingerprint density at radius 3 is 2.14 bits per heavy atom. The number of rotatable bonds is 6. The fourth-order valence-corrected chi connectivity index (χ4v) is 4.42. The van der Waals surface area contributed by atoms with Gasteiger partial charge in [-0.25, -0.2) is 13.2 Å². The summed E-state index contributed by atoms with van der Waals surface area (Å²) in [6.45, 7) is 4.45. The van der Waals surface area contributed by atoms with Gasteiger partial charge >= 0.3 is 5.97 Å². The van der Waals surface area contributed by atoms with E-state index in [9.17, 15) is 13.2 Å². The summed E-state index contributed by atoms with van der Waals surface area (Å²) in [6, 6.07) is 9.79. The van der Waals surface area contributed by atoms with E-state index in [4.69, 9.17) is 5.11 Å². The van der Waals surface area contributed by atoms with Crippen LogP contribution in [0.2, 0.25) is 0 Å². The largest absolute Gasteiger partial charge is 0.477 e. The molecule has 0 aliphatic heterocycles. The van der Waals surface area contributed by atoms with Gasteiger partial charge in [0.25, 0.3) is 0 Å². The van der Waals surface area contributed by atoms with Crippen molar-refractivity contribution in [3.05, 3.63) is 41.3 Å². The number of thiophene rings is 1. The highest BCUT2D eigenvalue weighted by Gasteiger charge is 2.21. The monoisotopic (exact) mass is 339 g/mol. The van der Waals surface area contributed by atoms with Crippen molar-refractivity contribution in [2.75, 3.05) is 13.1 Å². The van der Waals surface area contributed by atoms with E-state index in [1.54, 1.807) is 50.2 Å². The smallest absolute Gasteiger partial charge is 0.345 e. The van der Waals surface area contributed by atoms with Crippen molar-refractivity contribution in [1.29, 1.82) is 0 Å². The van der Waals surface area contributed by atoms with E-state index in [0.29, 0.717) is 13.1 Å². The number of carbonyl (C=O) groups is 1. The Kier molecular flexibility index (Phi) is 5.00. The summed E-state index contributed by atoms with van der Waals surface area (Å²) in [5.74, 6) is -0.961. The lowest BCUT2D eigenvalue weighted by Gasteiger charge is -2.18. The van der Waals surface area contributed by atoms with Crippen molar-refractivity contribution in [1.82, 2.24) is 4.31 Å². The molecule has 0 saturated carbocycles. The molecule has 0 aliphatic carbocycles. The van der Waals surface area contributed by atoms with Crippen molar-refractivity contribution in [2.45, 2.75) is 18.7 Å². The van der Waals surface area contributed by atoms with E-state index in [1.807, 2.05) is 0 Å². The zero-order valence-corrected chi connectivity index (χ0v) is 13.9. The molecule has 0 spiro atoms. The first-order valence-corrected chi connectivity index (χ1v) is 9.09. The molecule has 0 unspecified atom stereocenters. The van der Waals surface area contributed by atoms with Crippen LogP contribution in [0.1, 0.15) is 23.5 Å². The fourth-order valence-electron chi connectivity index (χ4n) is 2.11.